The molecule has 0 radical (unpaired) electrons. The van der Waals surface area contributed by atoms with Crippen LogP contribution in [0.25, 0.3) is 0 Å². The third-order valence-electron chi connectivity index (χ3n) is 3.05. The van der Waals surface area contributed by atoms with Crippen LogP contribution < -0.4 is 11.1 Å². The molecule has 0 saturated carbocycles. The molecule has 5 heteroatoms. The molecule has 0 aliphatic rings. The average molecular weight is 308 g/mol. The van der Waals surface area contributed by atoms with Gasteiger partial charge in [-0.05, 0) is 36.1 Å². The first-order valence-corrected chi connectivity index (χ1v) is 7.80. The Balaban J connectivity index is 2.21. The van der Waals surface area contributed by atoms with E-state index >= 15 is 0 Å². The first kappa shape index (κ1) is 14.9. The Morgan fingerprint density at radius 2 is 2.25 bits per heavy atom. The van der Waals surface area contributed by atoms with Crippen molar-refractivity contribution in [2.45, 2.75) is 25.8 Å². The largest absolute Gasteiger partial charge is 0.389 e. The lowest BCUT2D eigenvalue weighted by atomic mass is 10.1. The van der Waals surface area contributed by atoms with Gasteiger partial charge in [-0.15, -0.1) is 11.3 Å². The Morgan fingerprint density at radius 3 is 2.80 bits per heavy atom. The van der Waals surface area contributed by atoms with Gasteiger partial charge in [0.1, 0.15) is 10.8 Å². The first-order valence-electron chi connectivity index (χ1n) is 6.51. The molecule has 0 aliphatic heterocycles. The molecular formula is C15H17FN2S2. The molecule has 20 heavy (non-hydrogen) atoms. The summed E-state index contributed by atoms with van der Waals surface area (Å²) in [7, 11) is 0. The highest BCUT2D eigenvalue weighted by Gasteiger charge is 2.14. The molecule has 1 atom stereocenters. The zero-order valence-corrected chi connectivity index (χ0v) is 12.9. The van der Waals surface area contributed by atoms with Crippen LogP contribution in [0.3, 0.4) is 0 Å². The lowest BCUT2D eigenvalue weighted by molar-refractivity contribution is 0.619. The predicted octanol–water partition coefficient (Wildman–Crippen LogP) is 4.47. The van der Waals surface area contributed by atoms with Crippen LogP contribution in [0.2, 0.25) is 0 Å². The van der Waals surface area contributed by atoms with Gasteiger partial charge in [-0.25, -0.2) is 4.39 Å². The van der Waals surface area contributed by atoms with Gasteiger partial charge in [0.05, 0.1) is 11.7 Å². The number of hydrogen-bond acceptors (Lipinski definition) is 3. The fourth-order valence-corrected chi connectivity index (χ4v) is 2.98. The smallest absolute Gasteiger partial charge is 0.147 e. The van der Waals surface area contributed by atoms with Gasteiger partial charge in [0.25, 0.3) is 0 Å². The number of thiophene rings is 1. The van der Waals surface area contributed by atoms with E-state index in [4.69, 9.17) is 18.0 Å². The van der Waals surface area contributed by atoms with Crippen LogP contribution in [0.15, 0.2) is 35.7 Å². The Hall–Kier alpha value is -1.46. The molecular weight excluding hydrogens is 291 g/mol. The maximum atomic E-state index is 14.1. The highest BCUT2D eigenvalue weighted by atomic mass is 32.1. The van der Waals surface area contributed by atoms with Crippen LogP contribution in [0, 0.1) is 5.82 Å². The lowest BCUT2D eigenvalue weighted by Gasteiger charge is -2.19. The minimum absolute atomic E-state index is 0.130. The SMILES string of the molecule is CCCC(Nc1ccc(C(N)=S)cc1F)c1cccs1. The van der Waals surface area contributed by atoms with Crippen molar-refractivity contribution in [2.75, 3.05) is 5.32 Å². The molecule has 0 aliphatic carbocycles. The van der Waals surface area contributed by atoms with Gasteiger partial charge in [0.15, 0.2) is 0 Å². The normalized spacial score (nSPS) is 12.1. The molecule has 0 spiro atoms. The van der Waals surface area contributed by atoms with Crippen LogP contribution in [0.5, 0.6) is 0 Å². The van der Waals surface area contributed by atoms with E-state index in [2.05, 4.69) is 18.3 Å². The van der Waals surface area contributed by atoms with Crippen molar-refractivity contribution in [1.29, 1.82) is 0 Å². The summed E-state index contributed by atoms with van der Waals surface area (Å²) in [4.78, 5) is 1.42. The Kier molecular flexibility index (Phi) is 5.09. The van der Waals surface area contributed by atoms with E-state index in [-0.39, 0.29) is 16.8 Å². The number of thiocarbonyl (C=S) groups is 1. The number of anilines is 1. The van der Waals surface area contributed by atoms with Gasteiger partial charge in [-0.2, -0.15) is 0 Å². The average Bonchev–Trinajstić information content (AvgIpc) is 2.94. The summed E-state index contributed by atoms with van der Waals surface area (Å²) in [5, 5.41) is 5.30. The van der Waals surface area contributed by atoms with Gasteiger partial charge >= 0.3 is 0 Å². The molecule has 0 fully saturated rings. The second-order valence-electron chi connectivity index (χ2n) is 4.56. The Bertz CT molecular complexity index is 582. The van der Waals surface area contributed by atoms with Gasteiger partial charge in [0, 0.05) is 10.4 Å². The third kappa shape index (κ3) is 3.55. The van der Waals surface area contributed by atoms with E-state index in [1.54, 1.807) is 23.5 Å². The molecule has 2 nitrogen and oxygen atoms in total. The molecule has 1 aromatic carbocycles. The van der Waals surface area contributed by atoms with Crippen molar-refractivity contribution < 1.29 is 4.39 Å². The fourth-order valence-electron chi connectivity index (χ4n) is 2.04. The molecule has 3 N–H and O–H groups in total. The maximum absolute atomic E-state index is 14.1. The molecule has 1 aromatic heterocycles. The maximum Gasteiger partial charge on any atom is 0.147 e. The predicted molar refractivity (Wildman–Crippen MR) is 87.9 cm³/mol. The minimum atomic E-state index is -0.326. The van der Waals surface area contributed by atoms with Crippen LogP contribution in [-0.4, -0.2) is 4.99 Å². The van der Waals surface area contributed by atoms with E-state index in [0.29, 0.717) is 11.3 Å². The lowest BCUT2D eigenvalue weighted by Crippen LogP contribution is -2.12. The standard InChI is InChI=1S/C15H17FN2S2/c1-2-4-13(14-5-3-8-20-14)18-12-7-6-10(15(17)19)9-11(12)16/h3,5-9,13,18H,2,4H2,1H3,(H2,17,19). The highest BCUT2D eigenvalue weighted by molar-refractivity contribution is 7.80. The molecule has 0 saturated heterocycles. The zero-order chi connectivity index (χ0) is 14.5. The van der Waals surface area contributed by atoms with Crippen molar-refractivity contribution in [2.24, 2.45) is 5.73 Å². The molecule has 0 bridgehead atoms. The van der Waals surface area contributed by atoms with Crippen LogP contribution in [0.1, 0.15) is 36.2 Å². The number of benzene rings is 1. The molecule has 1 unspecified atom stereocenters. The number of hydrogen-bond donors (Lipinski definition) is 2. The zero-order valence-electron chi connectivity index (χ0n) is 11.2. The second-order valence-corrected chi connectivity index (χ2v) is 5.98. The van der Waals surface area contributed by atoms with Gasteiger partial charge in [-0.1, -0.05) is 31.6 Å². The topological polar surface area (TPSA) is 38.0 Å². The van der Waals surface area contributed by atoms with Crippen molar-refractivity contribution in [1.82, 2.24) is 0 Å². The summed E-state index contributed by atoms with van der Waals surface area (Å²) in [6.07, 6.45) is 1.99. The summed E-state index contributed by atoms with van der Waals surface area (Å²) < 4.78 is 14.1. The third-order valence-corrected chi connectivity index (χ3v) is 4.27. The first-order chi connectivity index (χ1) is 9.61. The van der Waals surface area contributed by atoms with E-state index in [1.165, 1.54) is 10.9 Å². The highest BCUT2D eigenvalue weighted by Crippen LogP contribution is 2.28. The summed E-state index contributed by atoms with van der Waals surface area (Å²) in [6, 6.07) is 9.02. The molecule has 2 aromatic rings. The fraction of sp³-hybridized carbons (Fsp3) is 0.267. The number of nitrogens with two attached hydrogens (primary N) is 1. The van der Waals surface area contributed by atoms with Gasteiger partial charge in [-0.3, -0.25) is 0 Å². The molecule has 2 rings (SSSR count). The number of halogens is 1. The summed E-state index contributed by atoms with van der Waals surface area (Å²) >= 11 is 6.53. The molecule has 0 amide bonds. The van der Waals surface area contributed by atoms with Crippen molar-refractivity contribution in [3.05, 3.63) is 52.0 Å². The van der Waals surface area contributed by atoms with Crippen LogP contribution >= 0.6 is 23.6 Å². The number of rotatable bonds is 6. The molecule has 106 valence electrons. The van der Waals surface area contributed by atoms with Gasteiger partial charge < -0.3 is 11.1 Å². The van der Waals surface area contributed by atoms with Crippen molar-refractivity contribution >= 4 is 34.2 Å². The summed E-state index contributed by atoms with van der Waals surface area (Å²) in [5.41, 5.74) is 6.54. The summed E-state index contributed by atoms with van der Waals surface area (Å²) in [6.45, 7) is 2.12. The quantitative estimate of drug-likeness (QED) is 0.773. The van der Waals surface area contributed by atoms with Crippen LogP contribution in [-0.2, 0) is 0 Å². The molecule has 1 heterocycles. The van der Waals surface area contributed by atoms with E-state index in [9.17, 15) is 4.39 Å². The van der Waals surface area contributed by atoms with Crippen molar-refractivity contribution in [3.63, 3.8) is 0 Å². The van der Waals surface area contributed by atoms with Crippen molar-refractivity contribution in [3.8, 4) is 0 Å². The monoisotopic (exact) mass is 308 g/mol. The second kappa shape index (κ2) is 6.81. The summed E-state index contributed by atoms with van der Waals surface area (Å²) in [5.74, 6) is -0.326. The van der Waals surface area contributed by atoms with E-state index in [1.807, 2.05) is 11.4 Å². The Morgan fingerprint density at radius 1 is 1.45 bits per heavy atom. The number of nitrogens with one attached hydrogen (secondary N) is 1. The van der Waals surface area contributed by atoms with Crippen LogP contribution in [0.4, 0.5) is 10.1 Å². The van der Waals surface area contributed by atoms with Gasteiger partial charge in [0.2, 0.25) is 0 Å². The van der Waals surface area contributed by atoms with E-state index < -0.39 is 0 Å². The van der Waals surface area contributed by atoms with E-state index in [0.717, 1.165) is 12.8 Å². The minimum Gasteiger partial charge on any atom is -0.389 e. The Labute approximate surface area is 127 Å².